The molecule has 3 fully saturated rings. The molecule has 3 saturated heterocycles. The fourth-order valence-electron chi connectivity index (χ4n) is 9.21. The molecule has 12 unspecified atom stereocenters. The Kier molecular flexibility index (Phi) is 14.0. The molecule has 0 aliphatic carbocycles. The molecule has 56 heavy (non-hydrogen) atoms. The Labute approximate surface area is 332 Å². The van der Waals surface area contributed by atoms with Gasteiger partial charge in [-0.1, -0.05) is 52.0 Å². The van der Waals surface area contributed by atoms with Crippen LogP contribution in [0.4, 0.5) is 10.5 Å². The van der Waals surface area contributed by atoms with Gasteiger partial charge in [-0.15, -0.1) is 5.10 Å². The van der Waals surface area contributed by atoms with Gasteiger partial charge in [0.1, 0.15) is 23.5 Å². The van der Waals surface area contributed by atoms with Crippen LogP contribution < -0.4 is 5.73 Å². The number of unbranched alkanes of at least 4 members (excludes halogenated alkanes) is 1. The molecule has 310 valence electrons. The van der Waals surface area contributed by atoms with E-state index in [2.05, 4.69) is 15.2 Å². The van der Waals surface area contributed by atoms with E-state index >= 15 is 0 Å². The van der Waals surface area contributed by atoms with Crippen LogP contribution in [0, 0.1) is 29.6 Å². The standard InChI is InChI=1S/C42H64N6O8/c1-11-34-42(8)39(48(41(52)56-42)18-13-12-17-47-23-33(44-45-47)30-15-14-16-31(43)21-30)28(6)36(49)24(2)19-25(3)38(27(5)37(50)29(7)40(51)54-34)55-35-22-32(46(9)10)20-26(4)53-35/h14-16,21,23-29,32,34-35,38-39H,11-13,17-20,22,43H2,1-10H3. The van der Waals surface area contributed by atoms with Gasteiger partial charge in [0.05, 0.1) is 24.4 Å². The molecule has 5 rings (SSSR count). The number of anilines is 1. The molecule has 2 N–H and O–H groups in total. The van der Waals surface area contributed by atoms with E-state index in [0.717, 1.165) is 12.0 Å². The minimum Gasteiger partial charge on any atom is -0.458 e. The Hall–Kier alpha value is -3.88. The Bertz CT molecular complexity index is 1700. The summed E-state index contributed by atoms with van der Waals surface area (Å²) in [6, 6.07) is 6.98. The topological polar surface area (TPSA) is 168 Å². The normalized spacial score (nSPS) is 34.9. The van der Waals surface area contributed by atoms with E-state index in [-0.39, 0.29) is 29.6 Å². The second-order valence-corrected chi connectivity index (χ2v) is 17.0. The van der Waals surface area contributed by atoms with E-state index < -0.39 is 65.9 Å². The molecule has 12 atom stereocenters. The fraction of sp³-hybridized carbons (Fsp3) is 0.714. The summed E-state index contributed by atoms with van der Waals surface area (Å²) in [7, 11) is 4.07. The average Bonchev–Trinajstić information content (AvgIpc) is 3.73. The molecule has 3 aliphatic rings. The molecule has 14 heteroatoms. The Morgan fingerprint density at radius 2 is 1.68 bits per heavy atom. The van der Waals surface area contributed by atoms with Crippen molar-refractivity contribution >= 4 is 29.3 Å². The zero-order chi connectivity index (χ0) is 41.1. The molecule has 3 aliphatic heterocycles. The number of nitrogen functional groups attached to an aromatic ring is 1. The zero-order valence-corrected chi connectivity index (χ0v) is 35.0. The van der Waals surface area contributed by atoms with E-state index in [1.54, 1.807) is 30.4 Å². The number of hydrogen-bond donors (Lipinski definition) is 1. The fourth-order valence-corrected chi connectivity index (χ4v) is 9.21. The first-order valence-electron chi connectivity index (χ1n) is 20.5. The SMILES string of the molecule is CCC1OC(=O)C(C)C(=O)C(C)C(OC2CC(N(C)C)CC(C)O2)C(C)CC(C)C(=O)C(C)C2N(CCCCn3cc(-c4cccc(N)c4)nn3)C(=O)OC12C. The van der Waals surface area contributed by atoms with Crippen LogP contribution in [0.1, 0.15) is 93.9 Å². The minimum atomic E-state index is -1.34. The van der Waals surface area contributed by atoms with Crippen LogP contribution in [0.15, 0.2) is 30.5 Å². The lowest BCUT2D eigenvalue weighted by molar-refractivity contribution is -0.236. The summed E-state index contributed by atoms with van der Waals surface area (Å²) in [5.41, 5.74) is 6.83. The number of aromatic nitrogens is 3. The van der Waals surface area contributed by atoms with Gasteiger partial charge in [0.2, 0.25) is 0 Å². The van der Waals surface area contributed by atoms with E-state index in [1.165, 1.54) is 0 Å². The number of fused-ring (bicyclic) bond motifs is 1. The molecular weight excluding hydrogens is 716 g/mol. The maximum absolute atomic E-state index is 14.5. The number of amides is 1. The number of cyclic esters (lactones) is 1. The lowest BCUT2D eigenvalue weighted by atomic mass is 9.74. The quantitative estimate of drug-likeness (QED) is 0.134. The van der Waals surface area contributed by atoms with Gasteiger partial charge in [-0.2, -0.15) is 0 Å². The molecular formula is C42H64N6O8. The van der Waals surface area contributed by atoms with Crippen LogP contribution in [0.5, 0.6) is 0 Å². The summed E-state index contributed by atoms with van der Waals surface area (Å²) in [6.07, 6.45) is 2.71. The van der Waals surface area contributed by atoms with Crippen LogP contribution in [-0.2, 0) is 39.9 Å². The number of aryl methyl sites for hydroxylation is 1. The van der Waals surface area contributed by atoms with Gasteiger partial charge in [0, 0.05) is 54.6 Å². The molecule has 0 bridgehead atoms. The van der Waals surface area contributed by atoms with Gasteiger partial charge in [0.15, 0.2) is 17.7 Å². The number of ketones is 2. The molecule has 14 nitrogen and oxygen atoms in total. The number of carbonyl (C=O) groups excluding carboxylic acids is 4. The Morgan fingerprint density at radius 1 is 0.964 bits per heavy atom. The van der Waals surface area contributed by atoms with E-state index in [0.29, 0.717) is 56.6 Å². The number of Topliss-reactive ketones (excluding diaryl/α,β-unsaturated/α-hetero) is 2. The van der Waals surface area contributed by atoms with Gasteiger partial charge in [0.25, 0.3) is 0 Å². The summed E-state index contributed by atoms with van der Waals surface area (Å²) in [5.74, 6) is -4.14. The highest BCUT2D eigenvalue weighted by atomic mass is 16.7. The highest BCUT2D eigenvalue weighted by molar-refractivity contribution is 6.00. The van der Waals surface area contributed by atoms with Crippen molar-refractivity contribution in [1.82, 2.24) is 24.8 Å². The summed E-state index contributed by atoms with van der Waals surface area (Å²) in [5, 5.41) is 8.57. The summed E-state index contributed by atoms with van der Waals surface area (Å²) in [6.45, 7) is 15.6. The van der Waals surface area contributed by atoms with Crippen molar-refractivity contribution in [3.05, 3.63) is 30.5 Å². The largest absolute Gasteiger partial charge is 0.458 e. The van der Waals surface area contributed by atoms with Crippen LogP contribution in [-0.4, -0.2) is 111 Å². The van der Waals surface area contributed by atoms with Crippen molar-refractivity contribution < 1.29 is 38.1 Å². The van der Waals surface area contributed by atoms with Crippen molar-refractivity contribution in [1.29, 1.82) is 0 Å². The molecule has 1 amide bonds. The molecule has 1 aromatic carbocycles. The van der Waals surface area contributed by atoms with Crippen molar-refractivity contribution in [2.45, 2.75) is 143 Å². The number of ether oxygens (including phenoxy) is 4. The first-order chi connectivity index (χ1) is 26.4. The predicted molar refractivity (Wildman–Crippen MR) is 211 cm³/mol. The van der Waals surface area contributed by atoms with Crippen molar-refractivity contribution in [2.24, 2.45) is 29.6 Å². The third-order valence-electron chi connectivity index (χ3n) is 12.4. The molecule has 0 saturated carbocycles. The second kappa shape index (κ2) is 18.1. The minimum absolute atomic E-state index is 0.0346. The summed E-state index contributed by atoms with van der Waals surface area (Å²) >= 11 is 0. The number of esters is 1. The van der Waals surface area contributed by atoms with Gasteiger partial charge >= 0.3 is 12.1 Å². The van der Waals surface area contributed by atoms with Gasteiger partial charge in [-0.25, -0.2) is 4.79 Å². The van der Waals surface area contributed by atoms with E-state index in [9.17, 15) is 19.2 Å². The van der Waals surface area contributed by atoms with Crippen molar-refractivity contribution in [3.63, 3.8) is 0 Å². The van der Waals surface area contributed by atoms with Gasteiger partial charge in [-0.3, -0.25) is 19.1 Å². The number of benzene rings is 1. The van der Waals surface area contributed by atoms with Crippen LogP contribution in [0.3, 0.4) is 0 Å². The number of nitrogens with zero attached hydrogens (tertiary/aromatic N) is 5. The molecule has 0 radical (unpaired) electrons. The van der Waals surface area contributed by atoms with Crippen molar-refractivity contribution in [3.8, 4) is 11.3 Å². The smallest absolute Gasteiger partial charge is 0.410 e. The molecule has 4 heterocycles. The first kappa shape index (κ1) is 43.2. The molecule has 2 aromatic rings. The third kappa shape index (κ3) is 9.45. The lowest BCUT2D eigenvalue weighted by Gasteiger charge is -2.42. The predicted octanol–water partition coefficient (Wildman–Crippen LogP) is 5.77. The Morgan fingerprint density at radius 3 is 2.36 bits per heavy atom. The molecule has 1 aromatic heterocycles. The monoisotopic (exact) mass is 780 g/mol. The highest BCUT2D eigenvalue weighted by Crippen LogP contribution is 2.42. The number of rotatable bonds is 10. The number of nitrogens with two attached hydrogens (primary N) is 1. The summed E-state index contributed by atoms with van der Waals surface area (Å²) in [4.78, 5) is 60.0. The maximum Gasteiger partial charge on any atom is 0.410 e. The Balaban J connectivity index is 1.37. The second-order valence-electron chi connectivity index (χ2n) is 17.0. The first-order valence-corrected chi connectivity index (χ1v) is 20.5. The van der Waals surface area contributed by atoms with E-state index in [4.69, 9.17) is 24.7 Å². The zero-order valence-electron chi connectivity index (χ0n) is 35.0. The lowest BCUT2D eigenvalue weighted by Crippen LogP contribution is -2.58. The molecule has 0 spiro atoms. The maximum atomic E-state index is 14.5. The highest BCUT2D eigenvalue weighted by Gasteiger charge is 2.59. The van der Waals surface area contributed by atoms with Gasteiger partial charge < -0.3 is 34.5 Å². The number of carbonyl (C=O) groups is 4. The van der Waals surface area contributed by atoms with E-state index in [1.807, 2.05) is 79.2 Å². The van der Waals surface area contributed by atoms with Gasteiger partial charge in [-0.05, 0) is 85.0 Å². The number of hydrogen-bond acceptors (Lipinski definition) is 12. The van der Waals surface area contributed by atoms with Crippen LogP contribution in [0.25, 0.3) is 11.3 Å². The summed E-state index contributed by atoms with van der Waals surface area (Å²) < 4.78 is 27.0. The average molecular weight is 781 g/mol. The van der Waals surface area contributed by atoms with Crippen molar-refractivity contribution in [2.75, 3.05) is 26.4 Å². The third-order valence-corrected chi connectivity index (χ3v) is 12.4. The van der Waals surface area contributed by atoms with Crippen LogP contribution >= 0.6 is 0 Å². The van der Waals surface area contributed by atoms with Crippen LogP contribution in [0.2, 0.25) is 0 Å².